The molecule has 1 heterocycles. The van der Waals surface area contributed by atoms with Crippen LogP contribution in [0.15, 0.2) is 35.9 Å². The molecule has 2 rings (SSSR count). The number of nitrogens with zero attached hydrogens (tertiary/aromatic N) is 2. The van der Waals surface area contributed by atoms with Crippen LogP contribution in [0.3, 0.4) is 0 Å². The number of hydrogen-bond acceptors (Lipinski definition) is 4. The maximum atomic E-state index is 13.1. The van der Waals surface area contributed by atoms with Crippen molar-refractivity contribution in [3.05, 3.63) is 64.2 Å². The van der Waals surface area contributed by atoms with Crippen LogP contribution in [0, 0.1) is 36.9 Å². The second kappa shape index (κ2) is 10.8. The van der Waals surface area contributed by atoms with Gasteiger partial charge in [0.05, 0.1) is 6.04 Å². The van der Waals surface area contributed by atoms with Crippen molar-refractivity contribution >= 4 is 18.0 Å². The normalized spacial score (nSPS) is 13.4. The first-order valence-corrected chi connectivity index (χ1v) is 10.6. The minimum absolute atomic E-state index is 0.180. The van der Waals surface area contributed by atoms with Gasteiger partial charge in [-0.1, -0.05) is 26.0 Å². The van der Waals surface area contributed by atoms with Crippen molar-refractivity contribution in [3.8, 4) is 6.07 Å². The molecule has 1 aromatic carbocycles. The first-order valence-electron chi connectivity index (χ1n) is 10.6. The van der Waals surface area contributed by atoms with E-state index in [4.69, 9.17) is 4.74 Å². The van der Waals surface area contributed by atoms with E-state index in [1.54, 1.807) is 19.1 Å². The van der Waals surface area contributed by atoms with Crippen LogP contribution in [0.1, 0.15) is 56.3 Å². The van der Waals surface area contributed by atoms with Crippen LogP contribution in [-0.4, -0.2) is 22.5 Å². The maximum Gasteiger partial charge on any atom is 0.349 e. The van der Waals surface area contributed by atoms with E-state index in [0.717, 1.165) is 23.5 Å². The number of ether oxygens (including phenoxy) is 1. The van der Waals surface area contributed by atoms with Crippen LogP contribution in [0.25, 0.3) is 6.08 Å². The molecule has 2 unspecified atom stereocenters. The van der Waals surface area contributed by atoms with Gasteiger partial charge in [0, 0.05) is 17.9 Å². The summed E-state index contributed by atoms with van der Waals surface area (Å²) in [5.74, 6) is -1.29. The maximum absolute atomic E-state index is 13.1. The number of carbonyl (C=O) groups excluding carboxylic acids is 2. The molecule has 1 amide bonds. The minimum Gasteiger partial charge on any atom is -0.448 e. The lowest BCUT2D eigenvalue weighted by Crippen LogP contribution is -2.37. The average Bonchev–Trinajstić information content (AvgIpc) is 2.99. The number of rotatable bonds is 8. The van der Waals surface area contributed by atoms with Crippen LogP contribution >= 0.6 is 0 Å². The van der Waals surface area contributed by atoms with Crippen LogP contribution in [0.5, 0.6) is 0 Å². The van der Waals surface area contributed by atoms with Gasteiger partial charge in [-0.2, -0.15) is 5.26 Å². The van der Waals surface area contributed by atoms with Gasteiger partial charge in [-0.3, -0.25) is 4.79 Å². The van der Waals surface area contributed by atoms with Crippen molar-refractivity contribution in [2.75, 3.05) is 0 Å². The fourth-order valence-electron chi connectivity index (χ4n) is 3.36. The summed E-state index contributed by atoms with van der Waals surface area (Å²) < 4.78 is 20.4. The number of hydrogen-bond donors (Lipinski definition) is 1. The molecular formula is C25H30FN3O3. The summed E-state index contributed by atoms with van der Waals surface area (Å²) in [7, 11) is 0. The first-order chi connectivity index (χ1) is 15.0. The molecule has 2 atom stereocenters. The Morgan fingerprint density at radius 3 is 2.38 bits per heavy atom. The molecule has 0 aliphatic rings. The van der Waals surface area contributed by atoms with E-state index in [1.165, 1.54) is 25.1 Å². The number of amides is 1. The lowest BCUT2D eigenvalue weighted by Gasteiger charge is -2.18. The van der Waals surface area contributed by atoms with Crippen molar-refractivity contribution in [3.63, 3.8) is 0 Å². The smallest absolute Gasteiger partial charge is 0.349 e. The highest BCUT2D eigenvalue weighted by Gasteiger charge is 2.23. The molecular weight excluding hydrogens is 409 g/mol. The highest BCUT2D eigenvalue weighted by atomic mass is 19.1. The Morgan fingerprint density at radius 2 is 1.81 bits per heavy atom. The summed E-state index contributed by atoms with van der Waals surface area (Å²) in [4.78, 5) is 25.0. The van der Waals surface area contributed by atoms with E-state index in [0.29, 0.717) is 11.5 Å². The number of benzene rings is 1. The minimum atomic E-state index is -1.10. The Morgan fingerprint density at radius 1 is 1.19 bits per heavy atom. The van der Waals surface area contributed by atoms with Crippen molar-refractivity contribution in [2.45, 2.75) is 60.2 Å². The number of halogens is 1. The van der Waals surface area contributed by atoms with Crippen LogP contribution in [0.2, 0.25) is 0 Å². The summed E-state index contributed by atoms with van der Waals surface area (Å²) in [6, 6.07) is 9.15. The molecule has 0 fully saturated rings. The Balaban J connectivity index is 2.08. The monoisotopic (exact) mass is 439 g/mol. The third-order valence-electron chi connectivity index (χ3n) is 5.18. The molecule has 0 saturated carbocycles. The SMILES string of the molecule is Cc1cc(/C=C(\C#N)C(=O)OC(C)C(=O)NC(C)c2ccc(F)cc2)c(C)n1CC(C)C. The lowest BCUT2D eigenvalue weighted by molar-refractivity contribution is -0.151. The highest BCUT2D eigenvalue weighted by molar-refractivity contribution is 5.99. The van der Waals surface area contributed by atoms with Crippen molar-refractivity contribution in [1.29, 1.82) is 5.26 Å². The Labute approximate surface area is 188 Å². The lowest BCUT2D eigenvalue weighted by atomic mass is 10.1. The van der Waals surface area contributed by atoms with Gasteiger partial charge in [0.1, 0.15) is 17.5 Å². The fourth-order valence-corrected chi connectivity index (χ4v) is 3.36. The summed E-state index contributed by atoms with van der Waals surface area (Å²) >= 11 is 0. The second-order valence-electron chi connectivity index (χ2n) is 8.33. The van der Waals surface area contributed by atoms with E-state index in [-0.39, 0.29) is 11.4 Å². The van der Waals surface area contributed by atoms with Gasteiger partial charge < -0.3 is 14.6 Å². The zero-order valence-corrected chi connectivity index (χ0v) is 19.4. The van der Waals surface area contributed by atoms with Crippen molar-refractivity contribution in [2.24, 2.45) is 5.92 Å². The molecule has 7 heteroatoms. The first kappa shape index (κ1) is 24.9. The third-order valence-corrected chi connectivity index (χ3v) is 5.18. The standard InChI is InChI=1S/C25H30FN3O3/c1-15(2)14-29-16(3)11-21(18(29)5)12-22(13-27)25(31)32-19(6)24(30)28-17(4)20-7-9-23(26)10-8-20/h7-12,15,17,19H,14H2,1-6H3,(H,28,30)/b22-12+. The Kier molecular flexibility index (Phi) is 8.36. The summed E-state index contributed by atoms with van der Waals surface area (Å²) in [6.07, 6.45) is 0.392. The molecule has 0 aliphatic heterocycles. The number of nitrogens with one attached hydrogen (secondary N) is 1. The molecule has 0 saturated heterocycles. The average molecular weight is 440 g/mol. The predicted octanol–water partition coefficient (Wildman–Crippen LogP) is 4.62. The highest BCUT2D eigenvalue weighted by Crippen LogP contribution is 2.20. The molecule has 6 nitrogen and oxygen atoms in total. The molecule has 2 aromatic rings. The van der Waals surface area contributed by atoms with E-state index >= 15 is 0 Å². The quantitative estimate of drug-likeness (QED) is 0.370. The van der Waals surface area contributed by atoms with Gasteiger partial charge in [0.2, 0.25) is 0 Å². The molecule has 1 aromatic heterocycles. The zero-order valence-electron chi connectivity index (χ0n) is 19.4. The molecule has 170 valence electrons. The zero-order chi connectivity index (χ0) is 24.0. The van der Waals surface area contributed by atoms with Gasteiger partial charge in [0.15, 0.2) is 6.10 Å². The van der Waals surface area contributed by atoms with E-state index < -0.39 is 24.0 Å². The number of nitriles is 1. The summed E-state index contributed by atoms with van der Waals surface area (Å²) in [5, 5.41) is 12.2. The number of aryl methyl sites for hydroxylation is 1. The second-order valence-corrected chi connectivity index (χ2v) is 8.33. The fraction of sp³-hybridized carbons (Fsp3) is 0.400. The molecule has 1 N–H and O–H groups in total. The summed E-state index contributed by atoms with van der Waals surface area (Å²) in [5.41, 5.74) is 3.29. The molecule has 32 heavy (non-hydrogen) atoms. The molecule has 0 spiro atoms. The third kappa shape index (κ3) is 6.30. The van der Waals surface area contributed by atoms with Crippen LogP contribution in [0.4, 0.5) is 4.39 Å². The van der Waals surface area contributed by atoms with E-state index in [9.17, 15) is 19.2 Å². The van der Waals surface area contributed by atoms with E-state index in [2.05, 4.69) is 23.7 Å². The van der Waals surface area contributed by atoms with Crippen LogP contribution in [-0.2, 0) is 20.9 Å². The van der Waals surface area contributed by atoms with Gasteiger partial charge >= 0.3 is 5.97 Å². The summed E-state index contributed by atoms with van der Waals surface area (Å²) in [6.45, 7) is 12.2. The van der Waals surface area contributed by atoms with Gasteiger partial charge in [-0.05, 0) is 69.0 Å². The number of aromatic nitrogens is 1. The van der Waals surface area contributed by atoms with E-state index in [1.807, 2.05) is 26.0 Å². The Hall–Kier alpha value is -3.40. The predicted molar refractivity (Wildman–Crippen MR) is 121 cm³/mol. The van der Waals surface area contributed by atoms with Crippen molar-refractivity contribution < 1.29 is 18.7 Å². The van der Waals surface area contributed by atoms with Gasteiger partial charge in [-0.15, -0.1) is 0 Å². The van der Waals surface area contributed by atoms with Gasteiger partial charge in [-0.25, -0.2) is 9.18 Å². The molecule has 0 radical (unpaired) electrons. The molecule has 0 bridgehead atoms. The van der Waals surface area contributed by atoms with Crippen LogP contribution < -0.4 is 5.32 Å². The largest absolute Gasteiger partial charge is 0.448 e. The van der Waals surface area contributed by atoms with Gasteiger partial charge in [0.25, 0.3) is 5.91 Å². The topological polar surface area (TPSA) is 84.1 Å². The van der Waals surface area contributed by atoms with Crippen molar-refractivity contribution in [1.82, 2.24) is 9.88 Å². The number of carbonyl (C=O) groups is 2. The Bertz CT molecular complexity index is 1050. The number of esters is 1. The molecule has 0 aliphatic carbocycles.